The number of halogens is 4. The minimum absolute atomic E-state index is 0.123. The molecule has 1 unspecified atom stereocenters. The quantitative estimate of drug-likeness (QED) is 0.474. The van der Waals surface area contributed by atoms with Crippen molar-refractivity contribution in [3.8, 4) is 0 Å². The van der Waals surface area contributed by atoms with E-state index >= 15 is 0 Å². The van der Waals surface area contributed by atoms with Crippen molar-refractivity contribution in [2.24, 2.45) is 0 Å². The maximum atomic E-state index is 13.4. The topological polar surface area (TPSA) is 55.4 Å². The molecule has 27 heavy (non-hydrogen) atoms. The third kappa shape index (κ3) is 5.95. The molecule has 1 N–H and O–H groups in total. The van der Waals surface area contributed by atoms with Crippen LogP contribution in [0.3, 0.4) is 0 Å². The van der Waals surface area contributed by atoms with E-state index in [0.29, 0.717) is 0 Å². The molecule has 2 rings (SSSR count). The molecule has 0 spiro atoms. The van der Waals surface area contributed by atoms with E-state index < -0.39 is 35.5 Å². The zero-order valence-electron chi connectivity index (χ0n) is 14.1. The first-order chi connectivity index (χ1) is 12.7. The van der Waals surface area contributed by atoms with E-state index in [1.54, 1.807) is 6.07 Å². The molecule has 0 aliphatic heterocycles. The SMILES string of the molecule is CC(OC(=O)/C=C/c1ccccc1F)C(=O)Nc1ccc(C(F)(F)F)cc1. The number of anilines is 1. The normalized spacial score (nSPS) is 12.6. The van der Waals surface area contributed by atoms with Crippen molar-refractivity contribution < 1.29 is 31.9 Å². The fourth-order valence-electron chi connectivity index (χ4n) is 2.02. The Labute approximate surface area is 152 Å². The first kappa shape index (κ1) is 20.2. The minimum Gasteiger partial charge on any atom is -0.449 e. The number of carbonyl (C=O) groups excluding carboxylic acids is 2. The van der Waals surface area contributed by atoms with Gasteiger partial charge in [0.1, 0.15) is 5.82 Å². The van der Waals surface area contributed by atoms with Crippen LogP contribution in [-0.2, 0) is 20.5 Å². The Morgan fingerprint density at radius 1 is 1.07 bits per heavy atom. The molecule has 142 valence electrons. The van der Waals surface area contributed by atoms with Crippen LogP contribution < -0.4 is 5.32 Å². The van der Waals surface area contributed by atoms with Gasteiger partial charge in [-0.3, -0.25) is 4.79 Å². The van der Waals surface area contributed by atoms with Gasteiger partial charge in [0.25, 0.3) is 5.91 Å². The summed E-state index contributed by atoms with van der Waals surface area (Å²) in [4.78, 5) is 23.7. The Bertz CT molecular complexity index is 845. The molecule has 0 bridgehead atoms. The summed E-state index contributed by atoms with van der Waals surface area (Å²) in [6.07, 6.45) is -3.50. The van der Waals surface area contributed by atoms with Crippen molar-refractivity contribution in [3.63, 3.8) is 0 Å². The van der Waals surface area contributed by atoms with Crippen molar-refractivity contribution in [1.82, 2.24) is 0 Å². The molecule has 0 fully saturated rings. The summed E-state index contributed by atoms with van der Waals surface area (Å²) in [6.45, 7) is 1.30. The largest absolute Gasteiger partial charge is 0.449 e. The fourth-order valence-corrected chi connectivity index (χ4v) is 2.02. The molecule has 0 aliphatic carbocycles. The average Bonchev–Trinajstić information content (AvgIpc) is 2.60. The Morgan fingerprint density at radius 2 is 1.70 bits per heavy atom. The Balaban J connectivity index is 1.91. The number of hydrogen-bond donors (Lipinski definition) is 1. The van der Waals surface area contributed by atoms with Gasteiger partial charge in [-0.25, -0.2) is 9.18 Å². The number of carbonyl (C=O) groups is 2. The summed E-state index contributed by atoms with van der Waals surface area (Å²) >= 11 is 0. The molecule has 1 atom stereocenters. The third-order valence-electron chi connectivity index (χ3n) is 3.45. The number of benzene rings is 2. The highest BCUT2D eigenvalue weighted by atomic mass is 19.4. The van der Waals surface area contributed by atoms with Gasteiger partial charge >= 0.3 is 12.1 Å². The summed E-state index contributed by atoms with van der Waals surface area (Å²) in [7, 11) is 0. The fraction of sp³-hybridized carbons (Fsp3) is 0.158. The Kier molecular flexibility index (Phi) is 6.33. The highest BCUT2D eigenvalue weighted by Gasteiger charge is 2.30. The smallest absolute Gasteiger partial charge is 0.416 e. The first-order valence-electron chi connectivity index (χ1n) is 7.78. The maximum Gasteiger partial charge on any atom is 0.416 e. The number of esters is 1. The van der Waals surface area contributed by atoms with Gasteiger partial charge in [0.15, 0.2) is 6.10 Å². The van der Waals surface area contributed by atoms with Crippen LogP contribution in [0.4, 0.5) is 23.2 Å². The molecule has 1 amide bonds. The third-order valence-corrected chi connectivity index (χ3v) is 3.45. The van der Waals surface area contributed by atoms with Crippen molar-refractivity contribution >= 4 is 23.6 Å². The molecule has 0 aromatic heterocycles. The van der Waals surface area contributed by atoms with Crippen LogP contribution in [0.5, 0.6) is 0 Å². The molecule has 0 heterocycles. The van der Waals surface area contributed by atoms with E-state index in [1.165, 1.54) is 31.2 Å². The van der Waals surface area contributed by atoms with E-state index in [0.717, 1.165) is 30.3 Å². The van der Waals surface area contributed by atoms with E-state index in [-0.39, 0.29) is 11.3 Å². The maximum absolute atomic E-state index is 13.4. The van der Waals surface area contributed by atoms with Crippen molar-refractivity contribution in [2.45, 2.75) is 19.2 Å². The van der Waals surface area contributed by atoms with Crippen molar-refractivity contribution in [2.75, 3.05) is 5.32 Å². The summed E-state index contributed by atoms with van der Waals surface area (Å²) in [6, 6.07) is 9.60. The van der Waals surface area contributed by atoms with Gasteiger partial charge in [0.2, 0.25) is 0 Å². The highest BCUT2D eigenvalue weighted by Crippen LogP contribution is 2.29. The minimum atomic E-state index is -4.48. The van der Waals surface area contributed by atoms with Crippen molar-refractivity contribution in [1.29, 1.82) is 0 Å². The second-order valence-electron chi connectivity index (χ2n) is 5.50. The number of nitrogens with one attached hydrogen (secondary N) is 1. The number of alkyl halides is 3. The van der Waals surface area contributed by atoms with Gasteiger partial charge < -0.3 is 10.1 Å². The van der Waals surface area contributed by atoms with Crippen LogP contribution in [0, 0.1) is 5.82 Å². The van der Waals surface area contributed by atoms with Crippen LogP contribution in [0.1, 0.15) is 18.1 Å². The number of ether oxygens (including phenoxy) is 1. The van der Waals surface area contributed by atoms with Gasteiger partial charge in [0, 0.05) is 17.3 Å². The summed E-state index contributed by atoms with van der Waals surface area (Å²) in [5, 5.41) is 2.34. The molecule has 0 saturated carbocycles. The van der Waals surface area contributed by atoms with E-state index in [2.05, 4.69) is 5.32 Å². The standard InChI is InChI=1S/C19H15F4NO3/c1-12(27-17(25)11-6-13-4-2-3-5-16(13)20)18(26)24-15-9-7-14(8-10-15)19(21,22)23/h2-12H,1H3,(H,24,26)/b11-6+. The lowest BCUT2D eigenvalue weighted by molar-refractivity contribution is -0.148. The molecule has 2 aromatic carbocycles. The molecule has 0 saturated heterocycles. The summed E-state index contributed by atoms with van der Waals surface area (Å²) in [5.41, 5.74) is -0.549. The zero-order valence-corrected chi connectivity index (χ0v) is 14.1. The summed E-state index contributed by atoms with van der Waals surface area (Å²) < 4.78 is 55.8. The zero-order chi connectivity index (χ0) is 20.0. The van der Waals surface area contributed by atoms with Crippen LogP contribution in [0.25, 0.3) is 6.08 Å². The van der Waals surface area contributed by atoms with Crippen LogP contribution in [0.15, 0.2) is 54.6 Å². The summed E-state index contributed by atoms with van der Waals surface area (Å²) in [5.74, 6) is -2.11. The molecule has 8 heteroatoms. The van der Waals surface area contributed by atoms with Crippen molar-refractivity contribution in [3.05, 3.63) is 71.6 Å². The predicted molar refractivity (Wildman–Crippen MR) is 91.1 cm³/mol. The number of hydrogen-bond acceptors (Lipinski definition) is 3. The van der Waals surface area contributed by atoms with Gasteiger partial charge in [0.05, 0.1) is 5.56 Å². The molecule has 4 nitrogen and oxygen atoms in total. The van der Waals surface area contributed by atoms with Crippen LogP contribution in [0.2, 0.25) is 0 Å². The number of rotatable bonds is 5. The molecule has 0 radical (unpaired) electrons. The monoisotopic (exact) mass is 381 g/mol. The second kappa shape index (κ2) is 8.48. The lowest BCUT2D eigenvalue weighted by Crippen LogP contribution is -2.29. The van der Waals surface area contributed by atoms with Crippen LogP contribution >= 0.6 is 0 Å². The lowest BCUT2D eigenvalue weighted by Gasteiger charge is -2.13. The van der Waals surface area contributed by atoms with Gasteiger partial charge in [-0.1, -0.05) is 18.2 Å². The Hall–Kier alpha value is -3.16. The lowest BCUT2D eigenvalue weighted by atomic mass is 10.2. The molecular formula is C19H15F4NO3. The molecule has 2 aromatic rings. The predicted octanol–water partition coefficient (Wildman–Crippen LogP) is 4.43. The number of amides is 1. The first-order valence-corrected chi connectivity index (χ1v) is 7.78. The van der Waals surface area contributed by atoms with E-state index in [9.17, 15) is 27.2 Å². The highest BCUT2D eigenvalue weighted by molar-refractivity contribution is 5.96. The van der Waals surface area contributed by atoms with Gasteiger partial charge in [-0.2, -0.15) is 13.2 Å². The van der Waals surface area contributed by atoms with E-state index in [1.807, 2.05) is 0 Å². The second-order valence-corrected chi connectivity index (χ2v) is 5.50. The van der Waals surface area contributed by atoms with E-state index in [4.69, 9.17) is 4.74 Å². The molecule has 0 aliphatic rings. The average molecular weight is 381 g/mol. The van der Waals surface area contributed by atoms with Crippen LogP contribution in [-0.4, -0.2) is 18.0 Å². The molecular weight excluding hydrogens is 366 g/mol. The Morgan fingerprint density at radius 3 is 2.30 bits per heavy atom. The van der Waals surface area contributed by atoms with Gasteiger partial charge in [-0.05, 0) is 43.3 Å². The van der Waals surface area contributed by atoms with Gasteiger partial charge in [-0.15, -0.1) is 0 Å².